The van der Waals surface area contributed by atoms with Crippen LogP contribution >= 0.6 is 11.5 Å². The molecule has 0 fully saturated rings. The number of ether oxygens (including phenoxy) is 2. The van der Waals surface area contributed by atoms with Crippen molar-refractivity contribution in [3.63, 3.8) is 0 Å². The SMILES string of the molecule is CCOC(=O)C1C(C)=Nc2snc(CCCOCc3ccccc3)c2C1c1cccc([N+](=O)[O-])c1. The zero-order valence-corrected chi connectivity index (χ0v) is 20.5. The van der Waals surface area contributed by atoms with Gasteiger partial charge in [0.2, 0.25) is 0 Å². The second-order valence-corrected chi connectivity index (χ2v) is 9.05. The molecular formula is C26H27N3O5S. The van der Waals surface area contributed by atoms with Gasteiger partial charge in [-0.15, -0.1) is 0 Å². The topological polar surface area (TPSA) is 104 Å². The third kappa shape index (κ3) is 5.63. The van der Waals surface area contributed by atoms with Gasteiger partial charge in [0.15, 0.2) is 0 Å². The van der Waals surface area contributed by atoms with E-state index < -0.39 is 16.8 Å². The van der Waals surface area contributed by atoms with Gasteiger partial charge in [-0.1, -0.05) is 42.5 Å². The lowest BCUT2D eigenvalue weighted by Crippen LogP contribution is -2.33. The number of fused-ring (bicyclic) bond motifs is 1. The Morgan fingerprint density at radius 2 is 1.97 bits per heavy atom. The van der Waals surface area contributed by atoms with E-state index in [1.165, 1.54) is 23.7 Å². The van der Waals surface area contributed by atoms with Gasteiger partial charge in [-0.05, 0) is 49.3 Å². The Balaban J connectivity index is 1.60. The van der Waals surface area contributed by atoms with Crippen LogP contribution < -0.4 is 0 Å². The lowest BCUT2D eigenvalue weighted by Gasteiger charge is -2.30. The van der Waals surface area contributed by atoms with Crippen LogP contribution in [0.2, 0.25) is 0 Å². The summed E-state index contributed by atoms with van der Waals surface area (Å²) in [5, 5.41) is 12.2. The van der Waals surface area contributed by atoms with E-state index in [9.17, 15) is 14.9 Å². The Morgan fingerprint density at radius 3 is 2.71 bits per heavy atom. The van der Waals surface area contributed by atoms with Crippen LogP contribution in [0, 0.1) is 16.0 Å². The van der Waals surface area contributed by atoms with Gasteiger partial charge >= 0.3 is 5.97 Å². The molecule has 8 nitrogen and oxygen atoms in total. The number of esters is 1. The number of aliphatic imine (C=N–C) groups is 1. The summed E-state index contributed by atoms with van der Waals surface area (Å²) in [7, 11) is 0. The summed E-state index contributed by atoms with van der Waals surface area (Å²) in [5.74, 6) is -1.52. The van der Waals surface area contributed by atoms with Gasteiger partial charge < -0.3 is 9.47 Å². The van der Waals surface area contributed by atoms with Gasteiger partial charge in [-0.25, -0.2) is 4.99 Å². The number of carbonyl (C=O) groups excluding carboxylic acids is 1. The number of nitrogens with zero attached hydrogens (tertiary/aromatic N) is 3. The third-order valence-electron chi connectivity index (χ3n) is 5.95. The molecule has 3 aromatic rings. The molecule has 0 saturated carbocycles. The zero-order valence-electron chi connectivity index (χ0n) is 19.7. The number of hydrogen-bond acceptors (Lipinski definition) is 8. The molecule has 1 aliphatic rings. The normalized spacial score (nSPS) is 16.9. The number of aryl methyl sites for hydroxylation is 1. The van der Waals surface area contributed by atoms with Crippen molar-refractivity contribution in [2.24, 2.45) is 10.9 Å². The summed E-state index contributed by atoms with van der Waals surface area (Å²) in [6.45, 7) is 4.90. The average molecular weight is 494 g/mol. The van der Waals surface area contributed by atoms with Crippen LogP contribution in [0.15, 0.2) is 59.6 Å². The van der Waals surface area contributed by atoms with Crippen molar-refractivity contribution >= 4 is 33.9 Å². The third-order valence-corrected chi connectivity index (χ3v) is 6.75. The van der Waals surface area contributed by atoms with Crippen LogP contribution in [0.3, 0.4) is 0 Å². The fraction of sp³-hybridized carbons (Fsp3) is 0.346. The Hall–Kier alpha value is -3.43. The van der Waals surface area contributed by atoms with Gasteiger partial charge in [0.25, 0.3) is 5.69 Å². The van der Waals surface area contributed by atoms with Crippen LogP contribution in [-0.2, 0) is 27.3 Å². The molecule has 0 saturated heterocycles. The molecule has 0 radical (unpaired) electrons. The Bertz CT molecular complexity index is 1220. The second-order valence-electron chi connectivity index (χ2n) is 8.30. The van der Waals surface area contributed by atoms with Crippen LogP contribution in [-0.4, -0.2) is 34.2 Å². The monoisotopic (exact) mass is 493 g/mol. The van der Waals surface area contributed by atoms with Crippen molar-refractivity contribution in [2.45, 2.75) is 39.2 Å². The average Bonchev–Trinajstić information content (AvgIpc) is 3.26. The van der Waals surface area contributed by atoms with Crippen molar-refractivity contribution in [2.75, 3.05) is 13.2 Å². The molecule has 0 bridgehead atoms. The number of benzene rings is 2. The molecule has 9 heteroatoms. The molecule has 2 aromatic carbocycles. The van der Waals surface area contributed by atoms with Crippen molar-refractivity contribution in [3.05, 3.63) is 87.1 Å². The van der Waals surface area contributed by atoms with Crippen molar-refractivity contribution in [1.82, 2.24) is 4.37 Å². The molecule has 0 N–H and O–H groups in total. The van der Waals surface area contributed by atoms with Crippen molar-refractivity contribution in [3.8, 4) is 0 Å². The highest BCUT2D eigenvalue weighted by Gasteiger charge is 2.41. The molecular weight excluding hydrogens is 466 g/mol. The quantitative estimate of drug-likeness (QED) is 0.157. The van der Waals surface area contributed by atoms with E-state index in [1.54, 1.807) is 19.9 Å². The predicted molar refractivity (Wildman–Crippen MR) is 134 cm³/mol. The van der Waals surface area contributed by atoms with Crippen LogP contribution in [0.4, 0.5) is 10.7 Å². The maximum Gasteiger partial charge on any atom is 0.315 e. The molecule has 1 aromatic heterocycles. The van der Waals surface area contributed by atoms with Crippen LogP contribution in [0.25, 0.3) is 0 Å². The number of rotatable bonds is 10. The highest BCUT2D eigenvalue weighted by atomic mass is 32.1. The number of carbonyl (C=O) groups is 1. The van der Waals surface area contributed by atoms with Crippen molar-refractivity contribution < 1.29 is 19.2 Å². The van der Waals surface area contributed by atoms with Gasteiger partial charge in [-0.3, -0.25) is 14.9 Å². The number of hydrogen-bond donors (Lipinski definition) is 0. The number of nitro groups is 1. The molecule has 2 atom stereocenters. The minimum atomic E-state index is -0.672. The molecule has 182 valence electrons. The first kappa shape index (κ1) is 24.7. The summed E-state index contributed by atoms with van der Waals surface area (Å²) < 4.78 is 15.9. The zero-order chi connectivity index (χ0) is 24.8. The standard InChI is InChI=1S/C26H27N3O5S/c1-3-34-26(30)22-17(2)27-25-24(23(22)19-11-7-12-20(15-19)29(31)32)21(28-35-25)13-8-14-33-16-18-9-5-4-6-10-18/h4-7,9-12,15,22-23H,3,8,13-14,16H2,1-2H3. The highest BCUT2D eigenvalue weighted by Crippen LogP contribution is 2.47. The molecule has 2 unspecified atom stereocenters. The maximum absolute atomic E-state index is 13.0. The minimum absolute atomic E-state index is 0.0223. The first-order chi connectivity index (χ1) is 17.0. The summed E-state index contributed by atoms with van der Waals surface area (Å²) in [4.78, 5) is 28.7. The number of aromatic nitrogens is 1. The Morgan fingerprint density at radius 1 is 1.17 bits per heavy atom. The molecule has 35 heavy (non-hydrogen) atoms. The largest absolute Gasteiger partial charge is 0.465 e. The summed E-state index contributed by atoms with van der Waals surface area (Å²) in [5.41, 5.74) is 4.08. The first-order valence-corrected chi connectivity index (χ1v) is 12.3. The Labute approximate surface area is 207 Å². The van der Waals surface area contributed by atoms with Crippen molar-refractivity contribution in [1.29, 1.82) is 0 Å². The summed E-state index contributed by atoms with van der Waals surface area (Å²) >= 11 is 1.29. The van der Waals surface area contributed by atoms with Gasteiger partial charge in [-0.2, -0.15) is 4.37 Å². The molecule has 0 spiro atoms. The van der Waals surface area contributed by atoms with E-state index in [0.717, 1.165) is 28.2 Å². The first-order valence-electron chi connectivity index (χ1n) is 11.6. The summed E-state index contributed by atoms with van der Waals surface area (Å²) in [6.07, 6.45) is 1.40. The fourth-order valence-electron chi connectivity index (χ4n) is 4.37. The highest BCUT2D eigenvalue weighted by molar-refractivity contribution is 7.10. The molecule has 4 rings (SSSR count). The van der Waals surface area contributed by atoms with E-state index in [4.69, 9.17) is 9.47 Å². The molecule has 1 aliphatic heterocycles. The minimum Gasteiger partial charge on any atom is -0.465 e. The molecule has 2 heterocycles. The maximum atomic E-state index is 13.0. The van der Waals surface area contributed by atoms with Gasteiger partial charge in [0, 0.05) is 35.9 Å². The second kappa shape index (κ2) is 11.3. The van der Waals surface area contributed by atoms with Gasteiger partial charge in [0.1, 0.15) is 10.9 Å². The summed E-state index contributed by atoms with van der Waals surface area (Å²) in [6, 6.07) is 16.4. The van der Waals surface area contributed by atoms with E-state index in [0.29, 0.717) is 30.9 Å². The lowest BCUT2D eigenvalue weighted by atomic mass is 9.76. The molecule has 0 aliphatic carbocycles. The van der Waals surface area contributed by atoms with Crippen LogP contribution in [0.1, 0.15) is 48.6 Å². The predicted octanol–water partition coefficient (Wildman–Crippen LogP) is 5.62. The van der Waals surface area contributed by atoms with E-state index in [2.05, 4.69) is 9.37 Å². The van der Waals surface area contributed by atoms with E-state index >= 15 is 0 Å². The fourth-order valence-corrected chi connectivity index (χ4v) is 5.28. The number of non-ortho nitro benzene ring substituents is 1. The van der Waals surface area contributed by atoms with Crippen LogP contribution in [0.5, 0.6) is 0 Å². The Kier molecular flexibility index (Phi) is 7.99. The molecule has 0 amide bonds. The smallest absolute Gasteiger partial charge is 0.315 e. The lowest BCUT2D eigenvalue weighted by molar-refractivity contribution is -0.384. The van der Waals surface area contributed by atoms with E-state index in [-0.39, 0.29) is 18.3 Å². The van der Waals surface area contributed by atoms with Gasteiger partial charge in [0.05, 0.1) is 23.8 Å². The number of nitro benzene ring substituents is 1. The van der Waals surface area contributed by atoms with E-state index in [1.807, 2.05) is 36.4 Å².